The van der Waals surface area contributed by atoms with E-state index in [1.807, 2.05) is 0 Å². The van der Waals surface area contributed by atoms with Crippen molar-refractivity contribution in [3.05, 3.63) is 0 Å². The fraction of sp³-hybridized carbons (Fsp3) is 1.00. The van der Waals surface area contributed by atoms with E-state index < -0.39 is 0 Å². The maximum Gasteiger partial charge on any atom is 0.00697 e. The third-order valence-corrected chi connectivity index (χ3v) is 5.69. The first-order valence-corrected chi connectivity index (χ1v) is 8.91. The van der Waals surface area contributed by atoms with Gasteiger partial charge >= 0.3 is 0 Å². The van der Waals surface area contributed by atoms with Gasteiger partial charge in [0, 0.05) is 12.1 Å². The Labute approximate surface area is 120 Å². The van der Waals surface area contributed by atoms with Crippen LogP contribution < -0.4 is 5.32 Å². The Hall–Kier alpha value is -0.0400. The summed E-state index contributed by atoms with van der Waals surface area (Å²) in [5.41, 5.74) is 0. The van der Waals surface area contributed by atoms with Crippen LogP contribution in [0.2, 0.25) is 0 Å². The van der Waals surface area contributed by atoms with Gasteiger partial charge < -0.3 is 5.32 Å². The second-order valence-electron chi connectivity index (χ2n) is 7.69. The van der Waals surface area contributed by atoms with Crippen molar-refractivity contribution in [2.75, 3.05) is 0 Å². The Bertz CT molecular complexity index is 248. The quantitative estimate of drug-likeness (QED) is 0.696. The van der Waals surface area contributed by atoms with Crippen molar-refractivity contribution in [2.45, 2.75) is 97.1 Å². The largest absolute Gasteiger partial charge is 0.311 e. The molecule has 112 valence electrons. The molecule has 0 saturated heterocycles. The lowest BCUT2D eigenvalue weighted by Crippen LogP contribution is -2.37. The van der Waals surface area contributed by atoms with Crippen LogP contribution in [0.25, 0.3) is 0 Å². The lowest BCUT2D eigenvalue weighted by atomic mass is 9.89. The second-order valence-corrected chi connectivity index (χ2v) is 7.69. The standard InChI is InChI=1S/C18H35N/c1-14(2)16-7-5-9-18(13-11-16)19-17-8-4-6-15(3)10-12-17/h14-19H,4-13H2,1-3H3. The Balaban J connectivity index is 1.76. The first-order valence-electron chi connectivity index (χ1n) is 8.91. The minimum Gasteiger partial charge on any atom is -0.311 e. The lowest BCUT2D eigenvalue weighted by molar-refractivity contribution is 0.328. The van der Waals surface area contributed by atoms with Crippen LogP contribution in [0.3, 0.4) is 0 Å². The summed E-state index contributed by atoms with van der Waals surface area (Å²) in [6.45, 7) is 7.25. The molecule has 0 aromatic heterocycles. The molecule has 2 aliphatic rings. The molecule has 2 rings (SSSR count). The highest BCUT2D eigenvalue weighted by Crippen LogP contribution is 2.30. The maximum absolute atomic E-state index is 4.02. The van der Waals surface area contributed by atoms with E-state index in [0.29, 0.717) is 0 Å². The van der Waals surface area contributed by atoms with Crippen molar-refractivity contribution >= 4 is 0 Å². The summed E-state index contributed by atoms with van der Waals surface area (Å²) in [6, 6.07) is 1.65. The predicted molar refractivity (Wildman–Crippen MR) is 84.4 cm³/mol. The number of hydrogen-bond acceptors (Lipinski definition) is 1. The lowest BCUT2D eigenvalue weighted by Gasteiger charge is -2.24. The molecule has 4 unspecified atom stereocenters. The summed E-state index contributed by atoms with van der Waals surface area (Å²) in [6.07, 6.45) is 14.4. The van der Waals surface area contributed by atoms with Gasteiger partial charge in [-0.2, -0.15) is 0 Å². The first-order chi connectivity index (χ1) is 9.15. The van der Waals surface area contributed by atoms with Crippen LogP contribution in [-0.4, -0.2) is 12.1 Å². The molecule has 4 atom stereocenters. The van der Waals surface area contributed by atoms with E-state index in [0.717, 1.165) is 29.8 Å². The van der Waals surface area contributed by atoms with E-state index >= 15 is 0 Å². The number of rotatable bonds is 3. The zero-order valence-electron chi connectivity index (χ0n) is 13.5. The fourth-order valence-electron chi connectivity index (χ4n) is 4.15. The Morgan fingerprint density at radius 1 is 0.737 bits per heavy atom. The summed E-state index contributed by atoms with van der Waals surface area (Å²) >= 11 is 0. The van der Waals surface area contributed by atoms with Gasteiger partial charge in [0.25, 0.3) is 0 Å². The van der Waals surface area contributed by atoms with Crippen LogP contribution in [0.4, 0.5) is 0 Å². The predicted octanol–water partition coefficient (Wildman–Crippen LogP) is 5.15. The normalized spacial score (nSPS) is 37.9. The smallest absolute Gasteiger partial charge is 0.00697 e. The zero-order valence-corrected chi connectivity index (χ0v) is 13.5. The Morgan fingerprint density at radius 2 is 1.37 bits per heavy atom. The zero-order chi connectivity index (χ0) is 13.7. The summed E-state index contributed by atoms with van der Waals surface area (Å²) in [4.78, 5) is 0. The Morgan fingerprint density at radius 3 is 2.05 bits per heavy atom. The topological polar surface area (TPSA) is 12.0 Å². The van der Waals surface area contributed by atoms with Gasteiger partial charge in [-0.25, -0.2) is 0 Å². The molecule has 0 spiro atoms. The van der Waals surface area contributed by atoms with Crippen LogP contribution in [-0.2, 0) is 0 Å². The van der Waals surface area contributed by atoms with Gasteiger partial charge in [0.2, 0.25) is 0 Å². The van der Waals surface area contributed by atoms with Gasteiger partial charge in [0.1, 0.15) is 0 Å². The molecule has 2 fully saturated rings. The molecule has 0 aromatic carbocycles. The molecule has 0 aromatic rings. The number of nitrogens with one attached hydrogen (secondary N) is 1. The number of hydrogen-bond donors (Lipinski definition) is 1. The molecule has 2 aliphatic carbocycles. The maximum atomic E-state index is 4.02. The van der Waals surface area contributed by atoms with Crippen molar-refractivity contribution in [1.82, 2.24) is 5.32 Å². The van der Waals surface area contributed by atoms with Gasteiger partial charge in [-0.3, -0.25) is 0 Å². The highest BCUT2D eigenvalue weighted by atomic mass is 14.9. The molecule has 1 N–H and O–H groups in total. The molecule has 0 amide bonds. The minimum absolute atomic E-state index is 0.821. The molecule has 0 aliphatic heterocycles. The molecule has 1 nitrogen and oxygen atoms in total. The average Bonchev–Trinajstić information content (AvgIpc) is 2.71. The van der Waals surface area contributed by atoms with Gasteiger partial charge in [0.05, 0.1) is 0 Å². The molecule has 1 heteroatoms. The Kier molecular flexibility index (Phi) is 6.19. The third-order valence-electron chi connectivity index (χ3n) is 5.69. The van der Waals surface area contributed by atoms with Gasteiger partial charge in [-0.05, 0) is 56.3 Å². The molecular weight excluding hydrogens is 230 g/mol. The van der Waals surface area contributed by atoms with E-state index in [4.69, 9.17) is 0 Å². The molecule has 0 bridgehead atoms. The van der Waals surface area contributed by atoms with Crippen LogP contribution in [0.15, 0.2) is 0 Å². The van der Waals surface area contributed by atoms with Crippen LogP contribution in [0, 0.1) is 17.8 Å². The summed E-state index contributed by atoms with van der Waals surface area (Å²) in [5.74, 6) is 2.84. The highest BCUT2D eigenvalue weighted by Gasteiger charge is 2.23. The SMILES string of the molecule is CC1CCCC(NC2CCCC(C(C)C)CC2)CC1. The molecule has 19 heavy (non-hydrogen) atoms. The van der Waals surface area contributed by atoms with Crippen molar-refractivity contribution < 1.29 is 0 Å². The van der Waals surface area contributed by atoms with Crippen molar-refractivity contribution in [3.8, 4) is 0 Å². The van der Waals surface area contributed by atoms with Crippen LogP contribution in [0.5, 0.6) is 0 Å². The van der Waals surface area contributed by atoms with E-state index in [2.05, 4.69) is 26.1 Å². The third kappa shape index (κ3) is 5.10. The molecule has 0 radical (unpaired) electrons. The highest BCUT2D eigenvalue weighted by molar-refractivity contribution is 4.81. The molecular formula is C18H35N. The van der Waals surface area contributed by atoms with E-state index in [1.165, 1.54) is 64.2 Å². The first kappa shape index (κ1) is 15.4. The van der Waals surface area contributed by atoms with Crippen molar-refractivity contribution in [3.63, 3.8) is 0 Å². The van der Waals surface area contributed by atoms with Gasteiger partial charge in [-0.15, -0.1) is 0 Å². The summed E-state index contributed by atoms with van der Waals surface area (Å²) < 4.78 is 0. The second kappa shape index (κ2) is 7.67. The van der Waals surface area contributed by atoms with Crippen molar-refractivity contribution in [2.24, 2.45) is 17.8 Å². The van der Waals surface area contributed by atoms with E-state index in [-0.39, 0.29) is 0 Å². The van der Waals surface area contributed by atoms with E-state index in [1.54, 1.807) is 0 Å². The fourth-order valence-corrected chi connectivity index (χ4v) is 4.15. The summed E-state index contributed by atoms with van der Waals surface area (Å²) in [7, 11) is 0. The van der Waals surface area contributed by atoms with Gasteiger partial charge in [-0.1, -0.05) is 46.5 Å². The van der Waals surface area contributed by atoms with Crippen LogP contribution >= 0.6 is 0 Å². The van der Waals surface area contributed by atoms with Crippen LogP contribution in [0.1, 0.15) is 85.0 Å². The summed E-state index contributed by atoms with van der Waals surface area (Å²) in [5, 5.41) is 4.02. The monoisotopic (exact) mass is 265 g/mol. The van der Waals surface area contributed by atoms with Gasteiger partial charge in [0.15, 0.2) is 0 Å². The molecule has 2 saturated carbocycles. The average molecular weight is 265 g/mol. The van der Waals surface area contributed by atoms with E-state index in [9.17, 15) is 0 Å². The minimum atomic E-state index is 0.821. The molecule has 0 heterocycles. The van der Waals surface area contributed by atoms with Crippen molar-refractivity contribution in [1.29, 1.82) is 0 Å².